The summed E-state index contributed by atoms with van der Waals surface area (Å²) < 4.78 is 51.0. The Kier molecular flexibility index (Phi) is 5.34. The van der Waals surface area contributed by atoms with Gasteiger partial charge in [0.2, 0.25) is 10.0 Å². The van der Waals surface area contributed by atoms with Crippen LogP contribution in [0.5, 0.6) is 0 Å². The van der Waals surface area contributed by atoms with Crippen molar-refractivity contribution in [3.05, 3.63) is 41.4 Å². The zero-order valence-corrected chi connectivity index (χ0v) is 15.9. The van der Waals surface area contributed by atoms with Gasteiger partial charge < -0.3 is 5.11 Å². The highest BCUT2D eigenvalue weighted by Gasteiger charge is 2.48. The Labute approximate surface area is 151 Å². The molecule has 0 bridgehead atoms. The third-order valence-corrected chi connectivity index (χ3v) is 8.52. The van der Waals surface area contributed by atoms with E-state index >= 15 is 0 Å². The number of benzene rings is 1. The van der Waals surface area contributed by atoms with Gasteiger partial charge in [0.15, 0.2) is 9.84 Å². The van der Waals surface area contributed by atoms with Crippen LogP contribution in [0.25, 0.3) is 0 Å². The number of hydrogen-bond donors (Lipinski definition) is 1. The number of sulfonamides is 1. The van der Waals surface area contributed by atoms with Crippen LogP contribution in [0.3, 0.4) is 0 Å². The van der Waals surface area contributed by atoms with E-state index in [1.54, 1.807) is 6.92 Å². The van der Waals surface area contributed by atoms with Crippen LogP contribution < -0.4 is 0 Å². The molecule has 138 valence electrons. The lowest BCUT2D eigenvalue weighted by molar-refractivity contribution is 0.0696. The van der Waals surface area contributed by atoms with Crippen LogP contribution in [-0.4, -0.2) is 55.8 Å². The summed E-state index contributed by atoms with van der Waals surface area (Å²) in [5.41, 5.74) is -1.39. The number of carbonyl (C=O) groups is 1. The molecule has 1 atom stereocenters. The molecular weight excluding hydrogens is 390 g/mol. The number of rotatable bonds is 6. The molecule has 1 aromatic rings. The van der Waals surface area contributed by atoms with Gasteiger partial charge in [-0.15, -0.1) is 6.58 Å². The highest BCUT2D eigenvalue weighted by Crippen LogP contribution is 2.36. The SMILES string of the molecule is C=CCN([C@]1(C)CCS(=O)(=O)C1)S(=O)(=O)c1cc(C(=O)O)ccc1Cl. The normalized spacial score (nSPS) is 22.8. The van der Waals surface area contributed by atoms with Crippen molar-refractivity contribution in [1.29, 1.82) is 0 Å². The van der Waals surface area contributed by atoms with E-state index in [1.165, 1.54) is 18.2 Å². The van der Waals surface area contributed by atoms with Crippen molar-refractivity contribution in [1.82, 2.24) is 4.31 Å². The summed E-state index contributed by atoms with van der Waals surface area (Å²) in [5.74, 6) is -1.73. The number of hydrogen-bond acceptors (Lipinski definition) is 5. The van der Waals surface area contributed by atoms with Crippen LogP contribution in [0.2, 0.25) is 5.02 Å². The van der Waals surface area contributed by atoms with Gasteiger partial charge in [-0.2, -0.15) is 4.31 Å². The van der Waals surface area contributed by atoms with Crippen LogP contribution in [0.1, 0.15) is 23.7 Å². The molecule has 0 amide bonds. The first-order valence-corrected chi connectivity index (χ1v) is 10.9. The van der Waals surface area contributed by atoms with Crippen molar-refractivity contribution in [3.63, 3.8) is 0 Å². The largest absolute Gasteiger partial charge is 0.478 e. The maximum absolute atomic E-state index is 13.1. The van der Waals surface area contributed by atoms with E-state index in [9.17, 15) is 21.6 Å². The predicted octanol–water partition coefficient (Wildman–Crippen LogP) is 1.79. The lowest BCUT2D eigenvalue weighted by Crippen LogP contribution is -2.50. The molecule has 0 radical (unpaired) electrons. The highest BCUT2D eigenvalue weighted by molar-refractivity contribution is 7.92. The van der Waals surface area contributed by atoms with Gasteiger partial charge in [-0.1, -0.05) is 17.7 Å². The van der Waals surface area contributed by atoms with Crippen LogP contribution >= 0.6 is 11.6 Å². The molecule has 1 saturated heterocycles. The van der Waals surface area contributed by atoms with Gasteiger partial charge in [-0.25, -0.2) is 21.6 Å². The number of carboxylic acids is 1. The minimum Gasteiger partial charge on any atom is -0.478 e. The summed E-state index contributed by atoms with van der Waals surface area (Å²) in [6.45, 7) is 4.96. The summed E-state index contributed by atoms with van der Waals surface area (Å²) in [4.78, 5) is 10.8. The van der Waals surface area contributed by atoms with E-state index in [1.807, 2.05) is 0 Å². The minimum absolute atomic E-state index is 0.116. The average Bonchev–Trinajstić information content (AvgIpc) is 2.78. The summed E-state index contributed by atoms with van der Waals surface area (Å²) in [6.07, 6.45) is 1.49. The Hall–Kier alpha value is -1.42. The monoisotopic (exact) mass is 407 g/mol. The van der Waals surface area contributed by atoms with Crippen LogP contribution in [-0.2, 0) is 19.9 Å². The van der Waals surface area contributed by atoms with Crippen molar-refractivity contribution < 1.29 is 26.7 Å². The molecule has 0 saturated carbocycles. The zero-order chi connectivity index (χ0) is 19.0. The Morgan fingerprint density at radius 1 is 1.48 bits per heavy atom. The van der Waals surface area contributed by atoms with E-state index in [2.05, 4.69) is 6.58 Å². The fraction of sp³-hybridized carbons (Fsp3) is 0.400. The zero-order valence-electron chi connectivity index (χ0n) is 13.5. The number of carboxylic acid groups (broad SMARTS) is 1. The number of aromatic carboxylic acids is 1. The van der Waals surface area contributed by atoms with Crippen molar-refractivity contribution in [2.75, 3.05) is 18.1 Å². The number of sulfone groups is 1. The Morgan fingerprint density at radius 2 is 2.12 bits per heavy atom. The van der Waals surface area contributed by atoms with Gasteiger partial charge >= 0.3 is 5.97 Å². The topological polar surface area (TPSA) is 109 Å². The molecule has 0 spiro atoms. The molecule has 0 unspecified atom stereocenters. The molecule has 10 heteroatoms. The third-order valence-electron chi connectivity index (χ3n) is 4.13. The lowest BCUT2D eigenvalue weighted by atomic mass is 10.0. The second-order valence-electron chi connectivity index (χ2n) is 6.11. The van der Waals surface area contributed by atoms with Crippen LogP contribution in [0.15, 0.2) is 35.7 Å². The second kappa shape index (κ2) is 6.71. The molecule has 0 aliphatic carbocycles. The molecule has 0 aromatic heterocycles. The number of halogens is 1. The highest BCUT2D eigenvalue weighted by atomic mass is 35.5. The molecule has 1 heterocycles. The Balaban J connectivity index is 2.60. The predicted molar refractivity (Wildman–Crippen MR) is 94.2 cm³/mol. The smallest absolute Gasteiger partial charge is 0.335 e. The van der Waals surface area contributed by atoms with E-state index in [0.29, 0.717) is 0 Å². The summed E-state index contributed by atoms with van der Waals surface area (Å²) >= 11 is 5.99. The average molecular weight is 408 g/mol. The molecule has 25 heavy (non-hydrogen) atoms. The summed E-state index contributed by atoms with van der Waals surface area (Å²) in [5, 5.41) is 8.96. The minimum atomic E-state index is -4.24. The van der Waals surface area contributed by atoms with Gasteiger partial charge in [0, 0.05) is 12.1 Å². The van der Waals surface area contributed by atoms with E-state index in [-0.39, 0.29) is 40.0 Å². The Morgan fingerprint density at radius 3 is 2.60 bits per heavy atom. The van der Waals surface area contributed by atoms with Crippen molar-refractivity contribution in [2.24, 2.45) is 0 Å². The number of nitrogens with zero attached hydrogens (tertiary/aromatic N) is 1. The molecule has 2 rings (SSSR count). The Bertz CT molecular complexity index is 925. The molecule has 1 aliphatic rings. The van der Waals surface area contributed by atoms with E-state index in [4.69, 9.17) is 16.7 Å². The first kappa shape index (κ1) is 19.9. The molecule has 1 aliphatic heterocycles. The van der Waals surface area contributed by atoms with Gasteiger partial charge in [-0.05, 0) is 31.5 Å². The van der Waals surface area contributed by atoms with Gasteiger partial charge in [0.25, 0.3) is 0 Å². The molecule has 1 N–H and O–H groups in total. The molecule has 7 nitrogen and oxygen atoms in total. The summed E-state index contributed by atoms with van der Waals surface area (Å²) in [7, 11) is -7.60. The van der Waals surface area contributed by atoms with Crippen LogP contribution in [0, 0.1) is 0 Å². The van der Waals surface area contributed by atoms with Gasteiger partial charge in [0.05, 0.1) is 22.1 Å². The molecule has 1 aromatic carbocycles. The lowest BCUT2D eigenvalue weighted by Gasteiger charge is -2.35. The second-order valence-corrected chi connectivity index (χ2v) is 10.5. The standard InChI is InChI=1S/C15H18ClNO6S2/c1-3-7-17(15(2)6-8-24(20,21)10-15)25(22,23)13-9-11(14(18)19)4-5-12(13)16/h3-5,9H,1,6-8,10H2,2H3,(H,18,19)/t15-/m1/s1. The van der Waals surface area contributed by atoms with Crippen molar-refractivity contribution in [3.8, 4) is 0 Å². The fourth-order valence-electron chi connectivity index (χ4n) is 2.87. The first-order chi connectivity index (χ1) is 11.4. The quantitative estimate of drug-likeness (QED) is 0.720. The first-order valence-electron chi connectivity index (χ1n) is 7.30. The maximum Gasteiger partial charge on any atom is 0.335 e. The molecular formula is C15H18ClNO6S2. The van der Waals surface area contributed by atoms with E-state index in [0.717, 1.165) is 10.4 Å². The fourth-order valence-corrected chi connectivity index (χ4v) is 7.37. The third kappa shape index (κ3) is 3.89. The van der Waals surface area contributed by atoms with Crippen LogP contribution in [0.4, 0.5) is 0 Å². The maximum atomic E-state index is 13.1. The van der Waals surface area contributed by atoms with Crippen molar-refractivity contribution in [2.45, 2.75) is 23.8 Å². The van der Waals surface area contributed by atoms with Crippen molar-refractivity contribution >= 4 is 37.4 Å². The van der Waals surface area contributed by atoms with E-state index < -0.39 is 31.4 Å². The van der Waals surface area contributed by atoms with Gasteiger partial charge in [0.1, 0.15) is 4.90 Å². The summed E-state index contributed by atoms with van der Waals surface area (Å²) in [6, 6.07) is 3.36. The molecule has 1 fully saturated rings. The van der Waals surface area contributed by atoms with Gasteiger partial charge in [-0.3, -0.25) is 0 Å².